The number of benzene rings is 3. The Labute approximate surface area is 329 Å². The molecule has 0 bridgehead atoms. The topological polar surface area (TPSA) is 113 Å². The maximum atomic E-state index is 15.3. The normalized spacial score (nSPS) is 14.3. The molecule has 13 heteroatoms. The molecule has 1 N–H and O–H groups in total. The summed E-state index contributed by atoms with van der Waals surface area (Å²) in [5.41, 5.74) is 9.10. The third-order valence-electron chi connectivity index (χ3n) is 10.8. The van der Waals surface area contributed by atoms with Gasteiger partial charge in [0.25, 0.3) is 5.91 Å². The minimum absolute atomic E-state index is 0.0985. The summed E-state index contributed by atoms with van der Waals surface area (Å²) in [5, 5.41) is 17.8. The maximum Gasteiger partial charge on any atom is 0.352 e. The lowest BCUT2D eigenvalue weighted by molar-refractivity contribution is 0.0683. The largest absolute Gasteiger partial charge is 0.497 e. The van der Waals surface area contributed by atoms with Crippen molar-refractivity contribution in [2.45, 2.75) is 60.0 Å². The average Bonchev–Trinajstić information content (AvgIpc) is 3.77. The second-order valence-electron chi connectivity index (χ2n) is 14.3. The SMILES string of the molecule is COCCn1c(C(=O)O)cc2cc(OC)cc(N3CC(C)n4c(c(CCCOc5cc(C)c(Cl)c(C)c5)c5ccc(Cl)c(-c6c(C)nn(C)c6C)c54)C3=O)c21. The first kappa shape index (κ1) is 38.3. The van der Waals surface area contributed by atoms with Gasteiger partial charge in [-0.25, -0.2) is 4.79 Å². The molecule has 1 atom stereocenters. The highest BCUT2D eigenvalue weighted by Crippen LogP contribution is 2.46. The van der Waals surface area contributed by atoms with Gasteiger partial charge in [-0.05, 0) is 94.5 Å². The quantitative estimate of drug-likeness (QED) is 0.123. The van der Waals surface area contributed by atoms with Gasteiger partial charge in [0.05, 0.1) is 47.8 Å². The molecule has 0 fully saturated rings. The number of carboxylic acid groups (broad SMARTS) is 1. The molecule has 1 aliphatic heterocycles. The number of hydrogen-bond acceptors (Lipinski definition) is 6. The van der Waals surface area contributed by atoms with E-state index >= 15 is 4.79 Å². The van der Waals surface area contributed by atoms with Crippen LogP contribution in [0.25, 0.3) is 32.9 Å². The molecule has 0 radical (unpaired) electrons. The van der Waals surface area contributed by atoms with Crippen molar-refractivity contribution in [3.63, 3.8) is 0 Å². The van der Waals surface area contributed by atoms with Crippen LogP contribution in [0.3, 0.4) is 0 Å². The molecule has 1 aliphatic rings. The summed E-state index contributed by atoms with van der Waals surface area (Å²) in [7, 11) is 5.05. The summed E-state index contributed by atoms with van der Waals surface area (Å²) < 4.78 is 23.0. The van der Waals surface area contributed by atoms with Crippen molar-refractivity contribution >= 4 is 62.6 Å². The zero-order chi connectivity index (χ0) is 39.5. The summed E-state index contributed by atoms with van der Waals surface area (Å²) in [6, 6.07) is 12.8. The Morgan fingerprint density at radius 3 is 2.33 bits per heavy atom. The third-order valence-corrected chi connectivity index (χ3v) is 11.7. The van der Waals surface area contributed by atoms with E-state index in [4.69, 9.17) is 42.5 Å². The number of hydrogen-bond donors (Lipinski definition) is 1. The lowest BCUT2D eigenvalue weighted by atomic mass is 9.98. The minimum atomic E-state index is -1.07. The lowest BCUT2D eigenvalue weighted by Crippen LogP contribution is -2.43. The molecule has 1 amide bonds. The van der Waals surface area contributed by atoms with Gasteiger partial charge < -0.3 is 33.4 Å². The van der Waals surface area contributed by atoms with Crippen LogP contribution in [0.1, 0.15) is 68.4 Å². The van der Waals surface area contributed by atoms with Gasteiger partial charge in [0.1, 0.15) is 22.9 Å². The fourth-order valence-electron chi connectivity index (χ4n) is 8.22. The second-order valence-corrected chi connectivity index (χ2v) is 15.1. The van der Waals surface area contributed by atoms with E-state index < -0.39 is 5.97 Å². The number of carbonyl (C=O) groups is 2. The summed E-state index contributed by atoms with van der Waals surface area (Å²) >= 11 is 13.5. The number of ether oxygens (including phenoxy) is 3. The van der Waals surface area contributed by atoms with Gasteiger partial charge in [0, 0.05) is 72.0 Å². The molecule has 0 saturated heterocycles. The third kappa shape index (κ3) is 6.51. The molecule has 3 aromatic carbocycles. The number of anilines is 1. The molecule has 55 heavy (non-hydrogen) atoms. The highest BCUT2D eigenvalue weighted by Gasteiger charge is 2.38. The number of halogens is 2. The molecule has 0 spiro atoms. The number of nitrogens with zero attached hydrogens (tertiary/aromatic N) is 5. The summed E-state index contributed by atoms with van der Waals surface area (Å²) in [6.45, 7) is 11.3. The van der Waals surface area contributed by atoms with Crippen LogP contribution in [0, 0.1) is 27.7 Å². The molecule has 4 heterocycles. The fraction of sp³-hybridized carbons (Fsp3) is 0.357. The van der Waals surface area contributed by atoms with Crippen molar-refractivity contribution < 1.29 is 28.9 Å². The lowest BCUT2D eigenvalue weighted by Gasteiger charge is -2.35. The summed E-state index contributed by atoms with van der Waals surface area (Å²) in [4.78, 5) is 29.6. The van der Waals surface area contributed by atoms with E-state index in [2.05, 4.69) is 11.5 Å². The Hall–Kier alpha value is -4.97. The van der Waals surface area contributed by atoms with Gasteiger partial charge in [-0.2, -0.15) is 5.10 Å². The Morgan fingerprint density at radius 1 is 0.964 bits per heavy atom. The van der Waals surface area contributed by atoms with Gasteiger partial charge in [-0.3, -0.25) is 9.48 Å². The van der Waals surface area contributed by atoms with Crippen LogP contribution in [-0.4, -0.2) is 69.9 Å². The number of methoxy groups -OCH3 is 2. The van der Waals surface area contributed by atoms with Gasteiger partial charge in [0.15, 0.2) is 0 Å². The van der Waals surface area contributed by atoms with E-state index in [9.17, 15) is 9.90 Å². The number of rotatable bonds is 12. The van der Waals surface area contributed by atoms with Gasteiger partial charge in [-0.15, -0.1) is 0 Å². The zero-order valence-corrected chi connectivity index (χ0v) is 33.9. The monoisotopic (exact) mass is 785 g/mol. The highest BCUT2D eigenvalue weighted by molar-refractivity contribution is 6.35. The van der Waals surface area contributed by atoms with Crippen LogP contribution >= 0.6 is 23.2 Å². The van der Waals surface area contributed by atoms with Crippen LogP contribution in [0.4, 0.5) is 5.69 Å². The fourth-order valence-corrected chi connectivity index (χ4v) is 8.57. The molecule has 11 nitrogen and oxygen atoms in total. The number of fused-ring (bicyclic) bond motifs is 4. The van der Waals surface area contributed by atoms with Gasteiger partial charge in [0.2, 0.25) is 0 Å². The van der Waals surface area contributed by atoms with Crippen molar-refractivity contribution in [3.05, 3.63) is 92.0 Å². The van der Waals surface area contributed by atoms with E-state index in [0.717, 1.165) is 60.9 Å². The number of carboxylic acids is 1. The first-order chi connectivity index (χ1) is 26.3. The van der Waals surface area contributed by atoms with E-state index in [1.165, 1.54) is 0 Å². The Bertz CT molecular complexity index is 2490. The molecule has 3 aromatic heterocycles. The second kappa shape index (κ2) is 14.9. The Balaban J connectivity index is 1.41. The van der Waals surface area contributed by atoms with E-state index in [1.807, 2.05) is 69.8 Å². The molecule has 1 unspecified atom stereocenters. The molecular formula is C42H45Cl2N5O6. The predicted octanol–water partition coefficient (Wildman–Crippen LogP) is 9.12. The van der Waals surface area contributed by atoms with Crippen LogP contribution in [0.5, 0.6) is 11.5 Å². The number of aryl methyl sites for hydroxylation is 5. The van der Waals surface area contributed by atoms with E-state index in [1.54, 1.807) is 35.8 Å². The first-order valence-electron chi connectivity index (χ1n) is 18.3. The summed E-state index contributed by atoms with van der Waals surface area (Å²) in [5.74, 6) is -0.0253. The summed E-state index contributed by atoms with van der Waals surface area (Å²) in [6.07, 6.45) is 1.17. The number of aromatic carboxylic acids is 1. The molecule has 6 aromatic rings. The maximum absolute atomic E-state index is 15.3. The number of amides is 1. The Kier molecular flexibility index (Phi) is 10.4. The molecule has 0 aliphatic carbocycles. The standard InChI is InChI=1S/C42H45Cl2N5O6/c1-22-16-29(17-23(2)37(22)44)55-14-9-10-30-31-11-12-32(43)36(35-25(4)45-46(6)26(35)5)39(31)49-24(3)21-48(41(50)40(30)49)33-20-28(54-8)18-27-19-34(42(51)52)47(38(27)33)13-15-53-7/h11-12,16-20,24H,9-10,13-15,21H2,1-8H3,(H,51,52). The predicted molar refractivity (Wildman–Crippen MR) is 217 cm³/mol. The first-order valence-corrected chi connectivity index (χ1v) is 19.0. The zero-order valence-electron chi connectivity index (χ0n) is 32.3. The van der Waals surface area contributed by atoms with Crippen LogP contribution in [0.15, 0.2) is 42.5 Å². The number of carbonyl (C=O) groups excluding carboxylic acids is 1. The van der Waals surface area contributed by atoms with E-state index in [-0.39, 0.29) is 30.8 Å². The molecular weight excluding hydrogens is 741 g/mol. The van der Waals surface area contributed by atoms with Crippen molar-refractivity contribution in [3.8, 4) is 22.6 Å². The average molecular weight is 787 g/mol. The smallest absolute Gasteiger partial charge is 0.352 e. The van der Waals surface area contributed by atoms with Crippen LogP contribution < -0.4 is 14.4 Å². The number of aromatic nitrogens is 4. The molecule has 0 saturated carbocycles. The van der Waals surface area contributed by atoms with Crippen LogP contribution in [-0.2, 0) is 24.8 Å². The molecule has 7 rings (SSSR count). The highest BCUT2D eigenvalue weighted by atomic mass is 35.5. The van der Waals surface area contributed by atoms with Crippen molar-refractivity contribution in [2.24, 2.45) is 7.05 Å². The van der Waals surface area contributed by atoms with Crippen molar-refractivity contribution in [1.82, 2.24) is 18.9 Å². The van der Waals surface area contributed by atoms with Gasteiger partial charge in [-0.1, -0.05) is 29.3 Å². The van der Waals surface area contributed by atoms with Crippen LogP contribution in [0.2, 0.25) is 10.0 Å². The van der Waals surface area contributed by atoms with Crippen molar-refractivity contribution in [1.29, 1.82) is 0 Å². The van der Waals surface area contributed by atoms with Gasteiger partial charge >= 0.3 is 5.97 Å². The minimum Gasteiger partial charge on any atom is -0.497 e. The Morgan fingerprint density at radius 2 is 1.69 bits per heavy atom. The van der Waals surface area contributed by atoms with Crippen molar-refractivity contribution in [2.75, 3.05) is 38.9 Å². The molecule has 288 valence electrons. The van der Waals surface area contributed by atoms with E-state index in [0.29, 0.717) is 59.0 Å².